The quantitative estimate of drug-likeness (QED) is 0.816. The molecular formula is C17H26N2O2. The molecule has 21 heavy (non-hydrogen) atoms. The molecule has 0 amide bonds. The minimum atomic E-state index is -0.544. The number of rotatable bonds is 6. The summed E-state index contributed by atoms with van der Waals surface area (Å²) in [4.78, 5) is 14.6. The summed E-state index contributed by atoms with van der Waals surface area (Å²) in [5.41, 5.74) is 0.742. The third-order valence-electron chi connectivity index (χ3n) is 4.11. The first-order chi connectivity index (χ1) is 10.2. The third-order valence-corrected chi connectivity index (χ3v) is 4.11. The van der Waals surface area contributed by atoms with Gasteiger partial charge < -0.3 is 10.1 Å². The van der Waals surface area contributed by atoms with Gasteiger partial charge in [-0.3, -0.25) is 9.69 Å². The maximum Gasteiger partial charge on any atom is 0.327 e. The first-order valence-electron chi connectivity index (χ1n) is 7.80. The number of nitrogens with one attached hydrogen (secondary N) is 1. The van der Waals surface area contributed by atoms with Crippen molar-refractivity contribution in [1.82, 2.24) is 10.2 Å². The van der Waals surface area contributed by atoms with Gasteiger partial charge >= 0.3 is 5.97 Å². The van der Waals surface area contributed by atoms with Crippen molar-refractivity contribution in [3.63, 3.8) is 0 Å². The molecule has 1 fully saturated rings. The highest BCUT2D eigenvalue weighted by Crippen LogP contribution is 2.24. The molecule has 116 valence electrons. The van der Waals surface area contributed by atoms with Gasteiger partial charge in [-0.25, -0.2) is 0 Å². The molecule has 0 bridgehead atoms. The van der Waals surface area contributed by atoms with E-state index in [-0.39, 0.29) is 5.97 Å². The van der Waals surface area contributed by atoms with E-state index in [0.717, 1.165) is 38.9 Å². The molecule has 4 heteroatoms. The number of carbonyl (C=O) groups excluding carboxylic acids is 1. The molecule has 4 nitrogen and oxygen atoms in total. The Hall–Kier alpha value is -1.39. The molecule has 2 rings (SSSR count). The SMILES string of the molecule is CCCNC1(C(=O)OC)CCCN(Cc2ccccc2)C1. The number of hydrogen-bond acceptors (Lipinski definition) is 4. The lowest BCUT2D eigenvalue weighted by Crippen LogP contribution is -2.62. The molecular weight excluding hydrogens is 264 g/mol. The van der Waals surface area contributed by atoms with Crippen LogP contribution in [0.3, 0.4) is 0 Å². The summed E-state index contributed by atoms with van der Waals surface area (Å²) in [6.07, 6.45) is 2.88. The summed E-state index contributed by atoms with van der Waals surface area (Å²) in [6.45, 7) is 5.58. The lowest BCUT2D eigenvalue weighted by atomic mass is 9.88. The van der Waals surface area contributed by atoms with E-state index in [1.165, 1.54) is 12.7 Å². The zero-order chi connectivity index (χ0) is 15.1. The topological polar surface area (TPSA) is 41.6 Å². The molecule has 1 aromatic rings. The fourth-order valence-electron chi connectivity index (χ4n) is 3.06. The molecule has 0 spiro atoms. The molecule has 1 N–H and O–H groups in total. The zero-order valence-corrected chi connectivity index (χ0v) is 13.1. The van der Waals surface area contributed by atoms with Gasteiger partial charge in [-0.2, -0.15) is 0 Å². The van der Waals surface area contributed by atoms with Crippen molar-refractivity contribution in [2.75, 3.05) is 26.7 Å². The lowest BCUT2D eigenvalue weighted by molar-refractivity contribution is -0.151. The van der Waals surface area contributed by atoms with Crippen molar-refractivity contribution < 1.29 is 9.53 Å². The normalized spacial score (nSPS) is 23.0. The van der Waals surface area contributed by atoms with Crippen molar-refractivity contribution in [3.8, 4) is 0 Å². The Morgan fingerprint density at radius 2 is 2.14 bits per heavy atom. The average Bonchev–Trinajstić information content (AvgIpc) is 2.53. The number of ether oxygens (including phenoxy) is 1. The molecule has 1 aliphatic heterocycles. The molecule has 0 saturated carbocycles. The van der Waals surface area contributed by atoms with Gasteiger partial charge in [-0.15, -0.1) is 0 Å². The van der Waals surface area contributed by atoms with E-state index >= 15 is 0 Å². The number of benzene rings is 1. The Bertz CT molecular complexity index is 449. The van der Waals surface area contributed by atoms with Crippen LogP contribution < -0.4 is 5.32 Å². The van der Waals surface area contributed by atoms with Crippen LogP contribution in [0.25, 0.3) is 0 Å². The highest BCUT2D eigenvalue weighted by molar-refractivity contribution is 5.81. The van der Waals surface area contributed by atoms with E-state index in [4.69, 9.17) is 4.74 Å². The number of nitrogens with zero attached hydrogens (tertiary/aromatic N) is 1. The van der Waals surface area contributed by atoms with Gasteiger partial charge in [-0.05, 0) is 37.9 Å². The molecule has 1 unspecified atom stereocenters. The van der Waals surface area contributed by atoms with E-state index in [2.05, 4.69) is 41.4 Å². The molecule has 1 aliphatic rings. The van der Waals surface area contributed by atoms with E-state index < -0.39 is 5.54 Å². The van der Waals surface area contributed by atoms with Gasteiger partial charge in [0.1, 0.15) is 5.54 Å². The van der Waals surface area contributed by atoms with Gasteiger partial charge in [0, 0.05) is 13.1 Å². The minimum absolute atomic E-state index is 0.131. The smallest absolute Gasteiger partial charge is 0.327 e. The zero-order valence-electron chi connectivity index (χ0n) is 13.1. The largest absolute Gasteiger partial charge is 0.468 e. The summed E-state index contributed by atoms with van der Waals surface area (Å²) in [5.74, 6) is -0.131. The molecule has 1 atom stereocenters. The van der Waals surface area contributed by atoms with Crippen LogP contribution in [0.15, 0.2) is 30.3 Å². The second kappa shape index (κ2) is 7.57. The number of esters is 1. The summed E-state index contributed by atoms with van der Waals surface area (Å²) in [5, 5.41) is 3.44. The number of likely N-dealkylation sites (tertiary alicyclic amines) is 1. The van der Waals surface area contributed by atoms with E-state index in [0.29, 0.717) is 6.54 Å². The number of hydrogen-bond donors (Lipinski definition) is 1. The second-order valence-corrected chi connectivity index (χ2v) is 5.80. The van der Waals surface area contributed by atoms with Crippen molar-refractivity contribution in [2.24, 2.45) is 0 Å². The van der Waals surface area contributed by atoms with Gasteiger partial charge in [0.25, 0.3) is 0 Å². The average molecular weight is 290 g/mol. The molecule has 0 aromatic heterocycles. The summed E-state index contributed by atoms with van der Waals surface area (Å²) < 4.78 is 5.06. The number of piperidine rings is 1. The van der Waals surface area contributed by atoms with Crippen molar-refractivity contribution in [1.29, 1.82) is 0 Å². The maximum atomic E-state index is 12.3. The van der Waals surface area contributed by atoms with E-state index in [9.17, 15) is 4.79 Å². The van der Waals surface area contributed by atoms with Crippen LogP contribution in [0.5, 0.6) is 0 Å². The third kappa shape index (κ3) is 4.05. The predicted molar refractivity (Wildman–Crippen MR) is 84.0 cm³/mol. The van der Waals surface area contributed by atoms with Crippen LogP contribution in [-0.4, -0.2) is 43.2 Å². The number of methoxy groups -OCH3 is 1. The predicted octanol–water partition coefficient (Wildman–Crippen LogP) is 2.19. The van der Waals surface area contributed by atoms with Gasteiger partial charge in [-0.1, -0.05) is 37.3 Å². The van der Waals surface area contributed by atoms with E-state index in [1.807, 2.05) is 6.07 Å². The minimum Gasteiger partial charge on any atom is -0.468 e. The first-order valence-corrected chi connectivity index (χ1v) is 7.80. The second-order valence-electron chi connectivity index (χ2n) is 5.80. The van der Waals surface area contributed by atoms with Crippen LogP contribution in [0.1, 0.15) is 31.7 Å². The molecule has 1 aromatic carbocycles. The summed E-state index contributed by atoms with van der Waals surface area (Å²) in [6, 6.07) is 10.4. The van der Waals surface area contributed by atoms with Crippen molar-refractivity contribution in [3.05, 3.63) is 35.9 Å². The van der Waals surface area contributed by atoms with Crippen molar-refractivity contribution in [2.45, 2.75) is 38.3 Å². The Labute approximate surface area is 127 Å². The first kappa shape index (κ1) is 16.0. The van der Waals surface area contributed by atoms with Crippen LogP contribution in [0.4, 0.5) is 0 Å². The molecule has 1 heterocycles. The maximum absolute atomic E-state index is 12.3. The van der Waals surface area contributed by atoms with Crippen LogP contribution in [0, 0.1) is 0 Å². The van der Waals surface area contributed by atoms with Crippen LogP contribution in [0.2, 0.25) is 0 Å². The lowest BCUT2D eigenvalue weighted by Gasteiger charge is -2.41. The van der Waals surface area contributed by atoms with Crippen LogP contribution in [-0.2, 0) is 16.1 Å². The van der Waals surface area contributed by atoms with Gasteiger partial charge in [0.15, 0.2) is 0 Å². The van der Waals surface area contributed by atoms with Gasteiger partial charge in [0.2, 0.25) is 0 Å². The Morgan fingerprint density at radius 3 is 2.81 bits per heavy atom. The molecule has 1 saturated heterocycles. The molecule has 0 aliphatic carbocycles. The van der Waals surface area contributed by atoms with Gasteiger partial charge in [0.05, 0.1) is 7.11 Å². The highest BCUT2D eigenvalue weighted by Gasteiger charge is 2.42. The monoisotopic (exact) mass is 290 g/mol. The number of carbonyl (C=O) groups is 1. The Balaban J connectivity index is 2.06. The van der Waals surface area contributed by atoms with Crippen molar-refractivity contribution >= 4 is 5.97 Å². The summed E-state index contributed by atoms with van der Waals surface area (Å²) in [7, 11) is 1.48. The van der Waals surface area contributed by atoms with E-state index in [1.54, 1.807) is 0 Å². The Kier molecular flexibility index (Phi) is 5.76. The highest BCUT2D eigenvalue weighted by atomic mass is 16.5. The Morgan fingerprint density at radius 1 is 1.38 bits per heavy atom. The van der Waals surface area contributed by atoms with Crippen LogP contribution >= 0.6 is 0 Å². The summed E-state index contributed by atoms with van der Waals surface area (Å²) >= 11 is 0. The fraction of sp³-hybridized carbons (Fsp3) is 0.588. The molecule has 0 radical (unpaired) electrons. The standard InChI is InChI=1S/C17H26N2O2/c1-3-11-18-17(16(20)21-2)10-7-12-19(14-17)13-15-8-5-4-6-9-15/h4-6,8-9,18H,3,7,10-14H2,1-2H3. The fourth-order valence-corrected chi connectivity index (χ4v) is 3.06.